The molecule has 0 N–H and O–H groups in total. The van der Waals surface area contributed by atoms with Crippen LogP contribution in [0.2, 0.25) is 0 Å². The Balaban J connectivity index is 2.18. The molecule has 0 aliphatic carbocycles. The van der Waals surface area contributed by atoms with Crippen molar-refractivity contribution in [1.29, 1.82) is 0 Å². The molecule has 1 fully saturated rings. The molecule has 0 radical (unpaired) electrons. The van der Waals surface area contributed by atoms with Gasteiger partial charge in [0, 0.05) is 13.1 Å². The lowest BCUT2D eigenvalue weighted by Gasteiger charge is -2.36. The molecular formula is C11H17NO3. The zero-order chi connectivity index (χ0) is 10.7. The zero-order valence-electron chi connectivity index (χ0n) is 9.12. The van der Waals surface area contributed by atoms with Crippen molar-refractivity contribution >= 4 is 5.97 Å². The summed E-state index contributed by atoms with van der Waals surface area (Å²) in [6, 6.07) is 0. The number of carbonyl (C=O) groups is 1. The molecule has 84 valence electrons. The molecule has 0 spiro atoms. The van der Waals surface area contributed by atoms with Crippen molar-refractivity contribution in [1.82, 2.24) is 4.90 Å². The van der Waals surface area contributed by atoms with Gasteiger partial charge in [0.1, 0.15) is 0 Å². The Labute approximate surface area is 89.8 Å². The third-order valence-electron chi connectivity index (χ3n) is 2.85. The molecule has 2 heterocycles. The van der Waals surface area contributed by atoms with Crippen LogP contribution in [0.3, 0.4) is 0 Å². The molecule has 15 heavy (non-hydrogen) atoms. The molecule has 0 aromatic carbocycles. The number of carbonyl (C=O) groups excluding carboxylic acids is 1. The first-order chi connectivity index (χ1) is 7.33. The van der Waals surface area contributed by atoms with Crippen molar-refractivity contribution in [3.63, 3.8) is 0 Å². The van der Waals surface area contributed by atoms with Crippen LogP contribution in [0.15, 0.2) is 11.3 Å². The number of fused-ring (bicyclic) bond motifs is 1. The number of rotatable bonds is 2. The van der Waals surface area contributed by atoms with Crippen LogP contribution in [0.4, 0.5) is 0 Å². The molecule has 0 atom stereocenters. The van der Waals surface area contributed by atoms with Gasteiger partial charge >= 0.3 is 5.97 Å². The van der Waals surface area contributed by atoms with Gasteiger partial charge in [-0.3, -0.25) is 0 Å². The summed E-state index contributed by atoms with van der Waals surface area (Å²) in [4.78, 5) is 13.9. The number of nitrogens with zero attached hydrogens (tertiary/aromatic N) is 1. The molecule has 0 unspecified atom stereocenters. The summed E-state index contributed by atoms with van der Waals surface area (Å²) in [5, 5.41) is 0. The molecule has 2 aliphatic rings. The van der Waals surface area contributed by atoms with Gasteiger partial charge in [-0.25, -0.2) is 4.79 Å². The van der Waals surface area contributed by atoms with Crippen LogP contribution in [-0.2, 0) is 14.3 Å². The first-order valence-electron chi connectivity index (χ1n) is 5.54. The summed E-state index contributed by atoms with van der Waals surface area (Å²) >= 11 is 0. The molecule has 1 saturated heterocycles. The smallest absolute Gasteiger partial charge is 0.335 e. The van der Waals surface area contributed by atoms with E-state index in [1.165, 1.54) is 0 Å². The lowest BCUT2D eigenvalue weighted by atomic mass is 10.0. The Morgan fingerprint density at radius 2 is 2.40 bits per heavy atom. The second-order valence-electron chi connectivity index (χ2n) is 3.79. The molecule has 0 saturated carbocycles. The van der Waals surface area contributed by atoms with E-state index in [0.29, 0.717) is 13.2 Å². The topological polar surface area (TPSA) is 38.8 Å². The maximum Gasteiger partial charge on any atom is 0.335 e. The minimum atomic E-state index is -0.164. The SMILES string of the molecule is CCOC(=O)C1=C2COCCN2CCC1. The number of esters is 1. The summed E-state index contributed by atoms with van der Waals surface area (Å²) in [6.45, 7) is 5.55. The van der Waals surface area contributed by atoms with E-state index < -0.39 is 0 Å². The van der Waals surface area contributed by atoms with Crippen molar-refractivity contribution in [3.05, 3.63) is 11.3 Å². The molecule has 0 bridgehead atoms. The van der Waals surface area contributed by atoms with Gasteiger partial charge in [0.15, 0.2) is 0 Å². The van der Waals surface area contributed by atoms with Crippen LogP contribution in [0, 0.1) is 0 Å². The monoisotopic (exact) mass is 211 g/mol. The highest BCUT2D eigenvalue weighted by atomic mass is 16.5. The van der Waals surface area contributed by atoms with Crippen LogP contribution in [-0.4, -0.2) is 43.8 Å². The average Bonchev–Trinajstić information content (AvgIpc) is 2.28. The first kappa shape index (κ1) is 10.5. The van der Waals surface area contributed by atoms with E-state index in [4.69, 9.17) is 9.47 Å². The standard InChI is InChI=1S/C11H17NO3/c1-2-15-11(13)9-4-3-5-12-6-7-14-8-10(9)12/h2-8H2,1H3. The maximum atomic E-state index is 11.7. The van der Waals surface area contributed by atoms with Crippen LogP contribution >= 0.6 is 0 Å². The molecule has 0 aromatic rings. The summed E-state index contributed by atoms with van der Waals surface area (Å²) in [7, 11) is 0. The molecule has 4 heteroatoms. The lowest BCUT2D eigenvalue weighted by molar-refractivity contribution is -0.139. The third kappa shape index (κ3) is 2.15. The Morgan fingerprint density at radius 1 is 1.53 bits per heavy atom. The fourth-order valence-corrected chi connectivity index (χ4v) is 2.12. The molecule has 0 amide bonds. The van der Waals surface area contributed by atoms with Crippen molar-refractivity contribution < 1.29 is 14.3 Å². The summed E-state index contributed by atoms with van der Waals surface area (Å²) in [5.41, 5.74) is 1.87. The van der Waals surface area contributed by atoms with Gasteiger partial charge in [-0.2, -0.15) is 0 Å². The minimum Gasteiger partial charge on any atom is -0.463 e. The fraction of sp³-hybridized carbons (Fsp3) is 0.727. The first-order valence-corrected chi connectivity index (χ1v) is 5.54. The van der Waals surface area contributed by atoms with E-state index in [1.807, 2.05) is 6.92 Å². The molecule has 2 aliphatic heterocycles. The zero-order valence-corrected chi connectivity index (χ0v) is 9.12. The number of morpholine rings is 1. The Hall–Kier alpha value is -1.03. The predicted octanol–water partition coefficient (Wildman–Crippen LogP) is 0.930. The van der Waals surface area contributed by atoms with Gasteiger partial charge in [0.05, 0.1) is 31.1 Å². The van der Waals surface area contributed by atoms with Crippen molar-refractivity contribution in [2.24, 2.45) is 0 Å². The van der Waals surface area contributed by atoms with Gasteiger partial charge in [0.2, 0.25) is 0 Å². The van der Waals surface area contributed by atoms with Gasteiger partial charge in [-0.05, 0) is 19.8 Å². The Morgan fingerprint density at radius 3 is 3.20 bits per heavy atom. The second kappa shape index (κ2) is 4.66. The quantitative estimate of drug-likeness (QED) is 0.637. The van der Waals surface area contributed by atoms with E-state index in [1.54, 1.807) is 0 Å². The Bertz CT molecular complexity index is 286. The van der Waals surface area contributed by atoms with Gasteiger partial charge in [0.25, 0.3) is 0 Å². The number of hydrogen-bond donors (Lipinski definition) is 0. The summed E-state index contributed by atoms with van der Waals surface area (Å²) < 4.78 is 10.4. The van der Waals surface area contributed by atoms with Gasteiger partial charge < -0.3 is 14.4 Å². The van der Waals surface area contributed by atoms with Crippen molar-refractivity contribution in [3.8, 4) is 0 Å². The normalized spacial score (nSPS) is 21.3. The second-order valence-corrected chi connectivity index (χ2v) is 3.79. The highest BCUT2D eigenvalue weighted by Crippen LogP contribution is 2.25. The van der Waals surface area contributed by atoms with Crippen LogP contribution in [0.5, 0.6) is 0 Å². The van der Waals surface area contributed by atoms with Gasteiger partial charge in [-0.1, -0.05) is 0 Å². The number of hydrogen-bond acceptors (Lipinski definition) is 4. The molecule has 0 aromatic heterocycles. The van der Waals surface area contributed by atoms with E-state index in [2.05, 4.69) is 4.90 Å². The Kier molecular flexibility index (Phi) is 3.26. The van der Waals surface area contributed by atoms with E-state index in [9.17, 15) is 4.79 Å². The van der Waals surface area contributed by atoms with Crippen molar-refractivity contribution in [2.45, 2.75) is 19.8 Å². The average molecular weight is 211 g/mol. The molecule has 4 nitrogen and oxygen atoms in total. The summed E-state index contributed by atoms with van der Waals surface area (Å²) in [6.07, 6.45) is 1.87. The van der Waals surface area contributed by atoms with Gasteiger partial charge in [-0.15, -0.1) is 0 Å². The van der Waals surface area contributed by atoms with E-state index in [0.717, 1.165) is 43.8 Å². The third-order valence-corrected chi connectivity index (χ3v) is 2.85. The maximum absolute atomic E-state index is 11.7. The lowest BCUT2D eigenvalue weighted by Crippen LogP contribution is -2.39. The van der Waals surface area contributed by atoms with Crippen molar-refractivity contribution in [2.75, 3.05) is 32.9 Å². The van der Waals surface area contributed by atoms with Crippen LogP contribution < -0.4 is 0 Å². The summed E-state index contributed by atoms with van der Waals surface area (Å²) in [5.74, 6) is -0.164. The highest BCUT2D eigenvalue weighted by molar-refractivity contribution is 5.89. The molecule has 2 rings (SSSR count). The van der Waals surface area contributed by atoms with E-state index in [-0.39, 0.29) is 5.97 Å². The minimum absolute atomic E-state index is 0.164. The fourth-order valence-electron chi connectivity index (χ4n) is 2.12. The number of ether oxygens (including phenoxy) is 2. The predicted molar refractivity (Wildman–Crippen MR) is 55.3 cm³/mol. The van der Waals surface area contributed by atoms with E-state index >= 15 is 0 Å². The molecular weight excluding hydrogens is 194 g/mol. The highest BCUT2D eigenvalue weighted by Gasteiger charge is 2.27. The van der Waals surface area contributed by atoms with Crippen LogP contribution in [0.1, 0.15) is 19.8 Å². The van der Waals surface area contributed by atoms with Crippen LogP contribution in [0.25, 0.3) is 0 Å². The largest absolute Gasteiger partial charge is 0.463 e.